The maximum atomic E-state index is 4.82. The number of aromatic nitrogens is 1. The second-order valence-electron chi connectivity index (χ2n) is 5.17. The van der Waals surface area contributed by atoms with Gasteiger partial charge in [0.15, 0.2) is 0 Å². The zero-order valence-electron chi connectivity index (χ0n) is 12.0. The van der Waals surface area contributed by atoms with Crippen molar-refractivity contribution in [1.29, 1.82) is 0 Å². The molecular weight excluding hydrogens is 234 g/mol. The molecule has 0 bridgehead atoms. The van der Waals surface area contributed by atoms with Crippen molar-refractivity contribution in [1.82, 2.24) is 4.98 Å². The van der Waals surface area contributed by atoms with Gasteiger partial charge in [-0.25, -0.2) is 0 Å². The molecule has 2 heteroatoms. The topological polar surface area (TPSA) is 12.9 Å². The predicted molar refractivity (Wildman–Crippen MR) is 83.3 cm³/mol. The molecule has 1 heterocycles. The van der Waals surface area contributed by atoms with Crippen LogP contribution in [-0.4, -0.2) is 13.1 Å². The summed E-state index contributed by atoms with van der Waals surface area (Å²) in [5, 5.41) is 2.86. The fraction of sp³-hybridized carbons (Fsp3) is 0.438. The Morgan fingerprint density at radius 3 is 2.22 bits per heavy atom. The second-order valence-corrected chi connectivity index (χ2v) is 10.4. The lowest BCUT2D eigenvalue weighted by atomic mass is 10.2. The Kier molecular flexibility index (Phi) is 3.86. The molecule has 0 fully saturated rings. The average molecular weight is 257 g/mol. The first kappa shape index (κ1) is 13.3. The first-order chi connectivity index (χ1) is 8.66. The highest BCUT2D eigenvalue weighted by molar-refractivity contribution is 6.93. The van der Waals surface area contributed by atoms with Gasteiger partial charge in [-0.15, -0.1) is 0 Å². The van der Waals surface area contributed by atoms with Crippen molar-refractivity contribution in [2.45, 2.75) is 45.8 Å². The number of fused-ring (bicyclic) bond motifs is 1. The molecule has 0 amide bonds. The number of aryl methyl sites for hydroxylation is 1. The monoisotopic (exact) mass is 257 g/mol. The number of rotatable bonds is 4. The van der Waals surface area contributed by atoms with Crippen LogP contribution in [0.2, 0.25) is 18.1 Å². The van der Waals surface area contributed by atoms with Gasteiger partial charge in [-0.3, -0.25) is 4.98 Å². The van der Waals surface area contributed by atoms with E-state index < -0.39 is 8.07 Å². The maximum absolute atomic E-state index is 4.82. The molecular formula is C16H23NSi. The van der Waals surface area contributed by atoms with Crippen molar-refractivity contribution in [3.63, 3.8) is 0 Å². The lowest BCUT2D eigenvalue weighted by Crippen LogP contribution is -2.46. The molecule has 96 valence electrons. The molecule has 18 heavy (non-hydrogen) atoms. The van der Waals surface area contributed by atoms with Crippen molar-refractivity contribution in [3.8, 4) is 0 Å². The van der Waals surface area contributed by atoms with Crippen molar-refractivity contribution in [2.75, 3.05) is 0 Å². The molecule has 2 aromatic rings. The number of hydrogen-bond acceptors (Lipinski definition) is 1. The predicted octanol–water partition coefficient (Wildman–Crippen LogP) is 4.26. The van der Waals surface area contributed by atoms with E-state index >= 15 is 0 Å². The van der Waals surface area contributed by atoms with E-state index in [2.05, 4.69) is 58.0 Å². The van der Waals surface area contributed by atoms with Crippen molar-refractivity contribution >= 4 is 24.2 Å². The number of para-hydroxylation sites is 1. The normalized spacial score (nSPS) is 12.0. The summed E-state index contributed by atoms with van der Waals surface area (Å²) in [6.07, 6.45) is 0. The van der Waals surface area contributed by atoms with E-state index in [1.807, 2.05) is 0 Å². The van der Waals surface area contributed by atoms with Crippen LogP contribution in [0, 0.1) is 6.92 Å². The van der Waals surface area contributed by atoms with Gasteiger partial charge in [-0.05, 0) is 18.2 Å². The molecule has 0 atom stereocenters. The fourth-order valence-electron chi connectivity index (χ4n) is 2.99. The summed E-state index contributed by atoms with van der Waals surface area (Å²) in [5.74, 6) is 0. The number of hydrogen-bond donors (Lipinski definition) is 0. The molecule has 0 aliphatic carbocycles. The summed E-state index contributed by atoms with van der Waals surface area (Å²) in [7, 11) is -1.34. The molecule has 0 spiro atoms. The van der Waals surface area contributed by atoms with Gasteiger partial charge < -0.3 is 0 Å². The van der Waals surface area contributed by atoms with Crippen LogP contribution in [0.25, 0.3) is 10.9 Å². The Hall–Kier alpha value is -1.15. The van der Waals surface area contributed by atoms with Gasteiger partial charge in [0.2, 0.25) is 0 Å². The molecule has 0 aliphatic rings. The standard InChI is InChI=1S/C16H23NSi/c1-5-18(6-2,7-3)15-10-8-9-14-12-11-13(4)17-16(14)15/h8-12H,5-7H2,1-4H3. The summed E-state index contributed by atoms with van der Waals surface area (Å²) in [5.41, 5.74) is 2.39. The average Bonchev–Trinajstić information content (AvgIpc) is 2.41. The lowest BCUT2D eigenvalue weighted by Gasteiger charge is -2.29. The minimum atomic E-state index is -1.34. The van der Waals surface area contributed by atoms with Gasteiger partial charge >= 0.3 is 0 Å². The van der Waals surface area contributed by atoms with Gasteiger partial charge in [0.1, 0.15) is 0 Å². The molecule has 0 saturated carbocycles. The van der Waals surface area contributed by atoms with Crippen LogP contribution in [-0.2, 0) is 0 Å². The summed E-state index contributed by atoms with van der Waals surface area (Å²) in [6.45, 7) is 9.15. The summed E-state index contributed by atoms with van der Waals surface area (Å²) >= 11 is 0. The molecule has 0 radical (unpaired) electrons. The quantitative estimate of drug-likeness (QED) is 0.746. The van der Waals surface area contributed by atoms with Crippen LogP contribution >= 0.6 is 0 Å². The van der Waals surface area contributed by atoms with Crippen LogP contribution in [0.4, 0.5) is 0 Å². The molecule has 0 unspecified atom stereocenters. The fourth-order valence-corrected chi connectivity index (χ4v) is 6.79. The summed E-state index contributed by atoms with van der Waals surface area (Å²) in [6, 6.07) is 15.0. The Morgan fingerprint density at radius 2 is 1.61 bits per heavy atom. The van der Waals surface area contributed by atoms with Crippen LogP contribution in [0.5, 0.6) is 0 Å². The molecule has 0 N–H and O–H groups in total. The molecule has 1 nitrogen and oxygen atoms in total. The number of nitrogens with zero attached hydrogens (tertiary/aromatic N) is 1. The second kappa shape index (κ2) is 5.23. The molecule has 1 aromatic heterocycles. The minimum absolute atomic E-state index is 1.13. The third-order valence-corrected chi connectivity index (χ3v) is 10.1. The molecule has 1 aromatic carbocycles. The molecule has 0 aliphatic heterocycles. The largest absolute Gasteiger partial charge is 0.253 e. The van der Waals surface area contributed by atoms with Gasteiger partial charge in [0.05, 0.1) is 13.6 Å². The Bertz CT molecular complexity index is 536. The van der Waals surface area contributed by atoms with E-state index in [0.717, 1.165) is 5.69 Å². The van der Waals surface area contributed by atoms with Gasteiger partial charge in [0.25, 0.3) is 0 Å². The SMILES string of the molecule is CC[Si](CC)(CC)c1cccc2ccc(C)nc12. The van der Waals surface area contributed by atoms with Crippen molar-refractivity contribution in [2.24, 2.45) is 0 Å². The Morgan fingerprint density at radius 1 is 0.944 bits per heavy atom. The molecule has 2 rings (SSSR count). The zero-order valence-corrected chi connectivity index (χ0v) is 13.0. The van der Waals surface area contributed by atoms with E-state index in [4.69, 9.17) is 4.98 Å². The minimum Gasteiger partial charge on any atom is -0.253 e. The number of benzene rings is 1. The molecule has 0 saturated heterocycles. The van der Waals surface area contributed by atoms with Crippen LogP contribution < -0.4 is 5.19 Å². The van der Waals surface area contributed by atoms with E-state index in [-0.39, 0.29) is 0 Å². The number of pyridine rings is 1. The summed E-state index contributed by atoms with van der Waals surface area (Å²) < 4.78 is 0. The Labute approximate surface area is 111 Å². The first-order valence-corrected chi connectivity index (χ1v) is 9.66. The van der Waals surface area contributed by atoms with E-state index in [9.17, 15) is 0 Å². The maximum Gasteiger partial charge on any atom is 0.0887 e. The third-order valence-electron chi connectivity index (χ3n) is 4.46. The smallest absolute Gasteiger partial charge is 0.0887 e. The summed E-state index contributed by atoms with van der Waals surface area (Å²) in [4.78, 5) is 4.82. The van der Waals surface area contributed by atoms with Gasteiger partial charge in [-0.1, -0.05) is 63.2 Å². The highest BCUT2D eigenvalue weighted by Crippen LogP contribution is 2.23. The van der Waals surface area contributed by atoms with Crippen molar-refractivity contribution in [3.05, 3.63) is 36.0 Å². The van der Waals surface area contributed by atoms with E-state index in [0.29, 0.717) is 0 Å². The van der Waals surface area contributed by atoms with Gasteiger partial charge in [-0.2, -0.15) is 0 Å². The first-order valence-electron chi connectivity index (χ1n) is 7.03. The highest BCUT2D eigenvalue weighted by Gasteiger charge is 2.31. The van der Waals surface area contributed by atoms with Crippen LogP contribution in [0.1, 0.15) is 26.5 Å². The van der Waals surface area contributed by atoms with E-state index in [1.165, 1.54) is 29.0 Å². The Balaban J connectivity index is 2.73. The zero-order chi connectivity index (χ0) is 13.2. The third kappa shape index (κ3) is 2.10. The van der Waals surface area contributed by atoms with E-state index in [1.54, 1.807) is 5.19 Å². The van der Waals surface area contributed by atoms with Crippen LogP contribution in [0.15, 0.2) is 30.3 Å². The van der Waals surface area contributed by atoms with Gasteiger partial charge in [0, 0.05) is 11.1 Å². The highest BCUT2D eigenvalue weighted by atomic mass is 28.3. The van der Waals surface area contributed by atoms with Crippen molar-refractivity contribution < 1.29 is 0 Å². The lowest BCUT2D eigenvalue weighted by molar-refractivity contribution is 1.19. The van der Waals surface area contributed by atoms with Crippen LogP contribution in [0.3, 0.4) is 0 Å².